The Balaban J connectivity index is 2.29. The van der Waals surface area contributed by atoms with Crippen molar-refractivity contribution in [1.29, 1.82) is 0 Å². The van der Waals surface area contributed by atoms with Crippen LogP contribution in [0, 0.1) is 0 Å². The number of halogens is 2. The van der Waals surface area contributed by atoms with Gasteiger partial charge in [-0.1, -0.05) is 23.2 Å². The molecule has 1 aromatic rings. The SMILES string of the molecule is COC(=O)C1CC(O)CN1C(=O)c1ccc(Cl)cc1Cl. The summed E-state index contributed by atoms with van der Waals surface area (Å²) in [4.78, 5) is 25.4. The lowest BCUT2D eigenvalue weighted by molar-refractivity contribution is -0.145. The monoisotopic (exact) mass is 317 g/mol. The molecule has 0 bridgehead atoms. The summed E-state index contributed by atoms with van der Waals surface area (Å²) in [6.45, 7) is 0.0670. The lowest BCUT2D eigenvalue weighted by Crippen LogP contribution is -2.41. The summed E-state index contributed by atoms with van der Waals surface area (Å²) in [5.74, 6) is -0.987. The highest BCUT2D eigenvalue weighted by atomic mass is 35.5. The van der Waals surface area contributed by atoms with Crippen LogP contribution in [0.15, 0.2) is 18.2 Å². The molecule has 1 aliphatic heterocycles. The fraction of sp³-hybridized carbons (Fsp3) is 0.385. The van der Waals surface area contributed by atoms with Crippen LogP contribution in [0.4, 0.5) is 0 Å². The van der Waals surface area contributed by atoms with Crippen molar-refractivity contribution in [3.8, 4) is 0 Å². The summed E-state index contributed by atoms with van der Waals surface area (Å²) in [6, 6.07) is 3.69. The van der Waals surface area contributed by atoms with Gasteiger partial charge in [0.1, 0.15) is 6.04 Å². The molecule has 5 nitrogen and oxygen atoms in total. The number of esters is 1. The van der Waals surface area contributed by atoms with E-state index in [0.29, 0.717) is 5.02 Å². The summed E-state index contributed by atoms with van der Waals surface area (Å²) in [5, 5.41) is 10.3. The minimum atomic E-state index is -0.797. The zero-order valence-corrected chi connectivity index (χ0v) is 12.2. The Bertz CT molecular complexity index is 549. The van der Waals surface area contributed by atoms with Gasteiger partial charge in [0, 0.05) is 18.0 Å². The van der Waals surface area contributed by atoms with Crippen LogP contribution in [-0.2, 0) is 9.53 Å². The quantitative estimate of drug-likeness (QED) is 0.844. The van der Waals surface area contributed by atoms with Gasteiger partial charge in [0.25, 0.3) is 5.91 Å². The molecule has 1 heterocycles. The van der Waals surface area contributed by atoms with E-state index in [1.165, 1.54) is 24.1 Å². The van der Waals surface area contributed by atoms with Gasteiger partial charge in [-0.2, -0.15) is 0 Å². The van der Waals surface area contributed by atoms with Gasteiger partial charge in [-0.15, -0.1) is 0 Å². The van der Waals surface area contributed by atoms with E-state index < -0.39 is 24.0 Å². The van der Waals surface area contributed by atoms with Crippen molar-refractivity contribution in [1.82, 2.24) is 4.90 Å². The highest BCUT2D eigenvalue weighted by molar-refractivity contribution is 6.36. The van der Waals surface area contributed by atoms with Crippen LogP contribution >= 0.6 is 23.2 Å². The fourth-order valence-electron chi connectivity index (χ4n) is 2.22. The molecule has 0 saturated carbocycles. The van der Waals surface area contributed by atoms with E-state index in [2.05, 4.69) is 4.74 Å². The molecule has 1 amide bonds. The predicted molar refractivity (Wildman–Crippen MR) is 73.9 cm³/mol. The van der Waals surface area contributed by atoms with E-state index >= 15 is 0 Å². The molecular weight excluding hydrogens is 305 g/mol. The minimum Gasteiger partial charge on any atom is -0.467 e. The van der Waals surface area contributed by atoms with Crippen LogP contribution in [0.1, 0.15) is 16.8 Å². The van der Waals surface area contributed by atoms with Crippen LogP contribution < -0.4 is 0 Å². The van der Waals surface area contributed by atoms with Crippen LogP contribution in [-0.4, -0.2) is 47.7 Å². The number of nitrogens with zero attached hydrogens (tertiary/aromatic N) is 1. The van der Waals surface area contributed by atoms with Gasteiger partial charge in [-0.3, -0.25) is 4.79 Å². The van der Waals surface area contributed by atoms with E-state index in [1.54, 1.807) is 6.07 Å². The lowest BCUT2D eigenvalue weighted by Gasteiger charge is -2.22. The van der Waals surface area contributed by atoms with Gasteiger partial charge in [0.05, 0.1) is 23.8 Å². The number of hydrogen-bond donors (Lipinski definition) is 1. The highest BCUT2D eigenvalue weighted by Crippen LogP contribution is 2.26. The Hall–Kier alpha value is -1.30. The number of rotatable bonds is 2. The summed E-state index contributed by atoms with van der Waals surface area (Å²) in [7, 11) is 1.24. The number of benzene rings is 1. The molecule has 0 aliphatic carbocycles. The fourth-order valence-corrected chi connectivity index (χ4v) is 2.70. The van der Waals surface area contributed by atoms with Gasteiger partial charge < -0.3 is 14.7 Å². The van der Waals surface area contributed by atoms with Crippen LogP contribution in [0.2, 0.25) is 10.0 Å². The normalized spacial score (nSPS) is 21.9. The molecule has 1 saturated heterocycles. The maximum absolute atomic E-state index is 12.4. The largest absolute Gasteiger partial charge is 0.467 e. The average Bonchev–Trinajstić information content (AvgIpc) is 2.79. The van der Waals surface area contributed by atoms with Crippen molar-refractivity contribution in [3.05, 3.63) is 33.8 Å². The minimum absolute atomic E-state index is 0.0670. The number of carbonyl (C=O) groups excluding carboxylic acids is 2. The average molecular weight is 318 g/mol. The number of likely N-dealkylation sites (tertiary alicyclic amines) is 1. The first-order chi connectivity index (χ1) is 9.43. The zero-order valence-electron chi connectivity index (χ0n) is 10.7. The molecule has 20 heavy (non-hydrogen) atoms. The topological polar surface area (TPSA) is 66.8 Å². The molecule has 1 N–H and O–H groups in total. The van der Waals surface area contributed by atoms with Crippen molar-refractivity contribution in [2.24, 2.45) is 0 Å². The molecule has 0 spiro atoms. The maximum atomic E-state index is 12.4. The van der Waals surface area contributed by atoms with Crippen LogP contribution in [0.5, 0.6) is 0 Å². The Morgan fingerprint density at radius 1 is 1.40 bits per heavy atom. The first kappa shape index (κ1) is 15.1. The molecule has 2 unspecified atom stereocenters. The summed E-state index contributed by atoms with van der Waals surface area (Å²) in [6.07, 6.45) is -0.599. The second-order valence-corrected chi connectivity index (χ2v) is 5.35. The third-order valence-corrected chi connectivity index (χ3v) is 3.72. The molecular formula is C13H13Cl2NO4. The summed E-state index contributed by atoms with van der Waals surface area (Å²) in [5.41, 5.74) is 0.235. The Kier molecular flexibility index (Phi) is 4.52. The van der Waals surface area contributed by atoms with Gasteiger partial charge >= 0.3 is 5.97 Å². The maximum Gasteiger partial charge on any atom is 0.328 e. The summed E-state index contributed by atoms with van der Waals surface area (Å²) < 4.78 is 4.65. The number of carbonyl (C=O) groups is 2. The van der Waals surface area contributed by atoms with Crippen LogP contribution in [0.25, 0.3) is 0 Å². The third-order valence-electron chi connectivity index (χ3n) is 3.17. The van der Waals surface area contributed by atoms with Crippen LogP contribution in [0.3, 0.4) is 0 Å². The number of hydrogen-bond acceptors (Lipinski definition) is 4. The van der Waals surface area contributed by atoms with Crippen molar-refractivity contribution < 1.29 is 19.4 Å². The Morgan fingerprint density at radius 2 is 2.10 bits per heavy atom. The van der Waals surface area contributed by atoms with Crippen molar-refractivity contribution in [2.75, 3.05) is 13.7 Å². The first-order valence-corrected chi connectivity index (χ1v) is 6.71. The number of aliphatic hydroxyl groups excluding tert-OH is 1. The van der Waals surface area contributed by atoms with Gasteiger partial charge in [0.2, 0.25) is 0 Å². The molecule has 1 aliphatic rings. The standard InChI is InChI=1S/C13H13Cl2NO4/c1-20-13(19)11-5-8(17)6-16(11)12(18)9-3-2-7(14)4-10(9)15/h2-4,8,11,17H,5-6H2,1H3. The zero-order chi connectivity index (χ0) is 14.9. The van der Waals surface area contributed by atoms with E-state index in [1.807, 2.05) is 0 Å². The van der Waals surface area contributed by atoms with Gasteiger partial charge in [-0.25, -0.2) is 4.79 Å². The molecule has 1 fully saturated rings. The van der Waals surface area contributed by atoms with E-state index in [4.69, 9.17) is 23.2 Å². The predicted octanol–water partition coefficient (Wildman–Crippen LogP) is 1.74. The molecule has 2 atom stereocenters. The number of methoxy groups -OCH3 is 1. The molecule has 108 valence electrons. The number of ether oxygens (including phenoxy) is 1. The second-order valence-electron chi connectivity index (χ2n) is 4.51. The highest BCUT2D eigenvalue weighted by Gasteiger charge is 2.40. The molecule has 1 aromatic carbocycles. The van der Waals surface area contributed by atoms with E-state index in [9.17, 15) is 14.7 Å². The lowest BCUT2D eigenvalue weighted by atomic mass is 10.1. The number of β-amino-alcohol motifs (C(OH)–C–C–N with tert-alkyl or cyclic N) is 1. The van der Waals surface area contributed by atoms with E-state index in [-0.39, 0.29) is 23.6 Å². The molecule has 0 aromatic heterocycles. The smallest absolute Gasteiger partial charge is 0.328 e. The van der Waals surface area contributed by atoms with Crippen molar-refractivity contribution in [2.45, 2.75) is 18.6 Å². The van der Waals surface area contributed by atoms with E-state index in [0.717, 1.165) is 0 Å². The second kappa shape index (κ2) is 5.99. The first-order valence-electron chi connectivity index (χ1n) is 5.96. The Morgan fingerprint density at radius 3 is 2.70 bits per heavy atom. The molecule has 2 rings (SSSR count). The van der Waals surface area contributed by atoms with Gasteiger partial charge in [-0.05, 0) is 18.2 Å². The van der Waals surface area contributed by atoms with Crippen molar-refractivity contribution >= 4 is 35.1 Å². The molecule has 0 radical (unpaired) electrons. The molecule has 7 heteroatoms. The third kappa shape index (κ3) is 2.90. The number of amides is 1. The number of aliphatic hydroxyl groups is 1. The summed E-state index contributed by atoms with van der Waals surface area (Å²) >= 11 is 11.8. The Labute approximate surface area is 126 Å². The van der Waals surface area contributed by atoms with Crippen molar-refractivity contribution in [3.63, 3.8) is 0 Å². The van der Waals surface area contributed by atoms with Gasteiger partial charge in [0.15, 0.2) is 0 Å².